The summed E-state index contributed by atoms with van der Waals surface area (Å²) in [5.74, 6) is -0.121. The van der Waals surface area contributed by atoms with Crippen molar-refractivity contribution in [3.05, 3.63) is 29.2 Å². The highest BCUT2D eigenvalue weighted by molar-refractivity contribution is 5.99. The molecule has 0 bridgehead atoms. The molecule has 100 valence electrons. The van der Waals surface area contributed by atoms with E-state index in [0.717, 1.165) is 24.2 Å². The average Bonchev–Trinajstić information content (AvgIpc) is 2.70. The van der Waals surface area contributed by atoms with Gasteiger partial charge < -0.3 is 11.1 Å². The van der Waals surface area contributed by atoms with Gasteiger partial charge in [-0.3, -0.25) is 4.79 Å². The molecule has 3 N–H and O–H groups in total. The minimum Gasteiger partial charge on any atom is -0.349 e. The molecule has 0 aliphatic heterocycles. The third-order valence-electron chi connectivity index (χ3n) is 3.53. The van der Waals surface area contributed by atoms with Crippen molar-refractivity contribution in [1.82, 2.24) is 19.9 Å². The van der Waals surface area contributed by atoms with E-state index in [-0.39, 0.29) is 18.0 Å². The van der Waals surface area contributed by atoms with Crippen LogP contribution in [0.1, 0.15) is 34.6 Å². The highest BCUT2D eigenvalue weighted by Gasteiger charge is 2.28. The fourth-order valence-electron chi connectivity index (χ4n) is 2.47. The first kappa shape index (κ1) is 12.1. The van der Waals surface area contributed by atoms with Crippen LogP contribution in [-0.2, 0) is 0 Å². The van der Waals surface area contributed by atoms with Gasteiger partial charge in [0.2, 0.25) is 0 Å². The number of hydrogen-bond donors (Lipinski definition) is 2. The van der Waals surface area contributed by atoms with Gasteiger partial charge in [0.15, 0.2) is 5.65 Å². The number of rotatable bonds is 2. The Morgan fingerprint density at radius 3 is 2.89 bits per heavy atom. The van der Waals surface area contributed by atoms with Crippen LogP contribution >= 0.6 is 0 Å². The number of nitrogens with one attached hydrogen (secondary N) is 1. The normalized spacial score (nSPS) is 22.3. The second-order valence-electron chi connectivity index (χ2n) is 5.23. The van der Waals surface area contributed by atoms with Crippen LogP contribution in [0.3, 0.4) is 0 Å². The Balaban J connectivity index is 1.90. The lowest BCUT2D eigenvalue weighted by Crippen LogP contribution is -2.50. The van der Waals surface area contributed by atoms with Crippen molar-refractivity contribution in [2.75, 3.05) is 0 Å². The molecular formula is C13H17N5O. The third-order valence-corrected chi connectivity index (χ3v) is 3.53. The number of amides is 1. The van der Waals surface area contributed by atoms with E-state index in [9.17, 15) is 4.79 Å². The molecule has 1 amide bonds. The van der Waals surface area contributed by atoms with Gasteiger partial charge in [0.25, 0.3) is 5.91 Å². The Bertz CT molecular complexity index is 642. The quantitative estimate of drug-likeness (QED) is 0.825. The Morgan fingerprint density at radius 1 is 1.47 bits per heavy atom. The van der Waals surface area contributed by atoms with Crippen molar-refractivity contribution in [2.24, 2.45) is 5.73 Å². The summed E-state index contributed by atoms with van der Waals surface area (Å²) in [6.07, 6.45) is 3.26. The van der Waals surface area contributed by atoms with Gasteiger partial charge in [-0.15, -0.1) is 0 Å². The van der Waals surface area contributed by atoms with Gasteiger partial charge in [0.05, 0.1) is 6.20 Å². The Kier molecular flexibility index (Phi) is 2.74. The largest absolute Gasteiger partial charge is 0.349 e. The SMILES string of the molecule is Cc1cc(C)n2ncc(C(=O)NC3CC(N)C3)c2n1. The van der Waals surface area contributed by atoms with E-state index in [4.69, 9.17) is 5.73 Å². The summed E-state index contributed by atoms with van der Waals surface area (Å²) in [6.45, 7) is 3.86. The number of nitrogens with zero attached hydrogens (tertiary/aromatic N) is 3. The fraction of sp³-hybridized carbons (Fsp3) is 0.462. The van der Waals surface area contributed by atoms with Crippen molar-refractivity contribution < 1.29 is 4.79 Å². The predicted molar refractivity (Wildman–Crippen MR) is 70.9 cm³/mol. The molecule has 2 aromatic rings. The van der Waals surface area contributed by atoms with Crippen LogP contribution in [0.2, 0.25) is 0 Å². The van der Waals surface area contributed by atoms with Crippen LogP contribution in [0.15, 0.2) is 12.3 Å². The van der Waals surface area contributed by atoms with Gasteiger partial charge in [0.1, 0.15) is 5.56 Å². The van der Waals surface area contributed by atoms with Gasteiger partial charge in [-0.05, 0) is 32.8 Å². The molecule has 0 aromatic carbocycles. The van der Waals surface area contributed by atoms with Crippen molar-refractivity contribution in [1.29, 1.82) is 0 Å². The number of hydrogen-bond acceptors (Lipinski definition) is 4. The zero-order valence-electron chi connectivity index (χ0n) is 11.1. The molecule has 0 spiro atoms. The number of aryl methyl sites for hydroxylation is 2. The van der Waals surface area contributed by atoms with Crippen molar-refractivity contribution >= 4 is 11.6 Å². The van der Waals surface area contributed by atoms with E-state index in [0.29, 0.717) is 11.2 Å². The minimum absolute atomic E-state index is 0.121. The average molecular weight is 259 g/mol. The second-order valence-corrected chi connectivity index (χ2v) is 5.23. The zero-order chi connectivity index (χ0) is 13.6. The molecule has 2 aromatic heterocycles. The Morgan fingerprint density at radius 2 is 2.21 bits per heavy atom. The lowest BCUT2D eigenvalue weighted by atomic mass is 9.87. The second kappa shape index (κ2) is 4.31. The molecule has 2 heterocycles. The summed E-state index contributed by atoms with van der Waals surface area (Å²) in [4.78, 5) is 16.6. The molecule has 1 aliphatic rings. The predicted octanol–water partition coefficient (Wildman–Crippen LogP) is 0.566. The lowest BCUT2D eigenvalue weighted by Gasteiger charge is -2.32. The molecule has 6 heteroatoms. The summed E-state index contributed by atoms with van der Waals surface area (Å²) in [6, 6.07) is 2.34. The van der Waals surface area contributed by atoms with Gasteiger partial charge in [-0.1, -0.05) is 0 Å². The van der Waals surface area contributed by atoms with E-state index in [1.165, 1.54) is 0 Å². The monoisotopic (exact) mass is 259 g/mol. The molecule has 6 nitrogen and oxygen atoms in total. The zero-order valence-corrected chi connectivity index (χ0v) is 11.1. The van der Waals surface area contributed by atoms with Gasteiger partial charge in [-0.2, -0.15) is 5.10 Å². The number of carbonyl (C=O) groups is 1. The number of fused-ring (bicyclic) bond motifs is 1. The third kappa shape index (κ3) is 2.08. The number of nitrogens with two attached hydrogens (primary N) is 1. The van der Waals surface area contributed by atoms with Crippen LogP contribution in [0.4, 0.5) is 0 Å². The molecule has 1 saturated carbocycles. The summed E-state index contributed by atoms with van der Waals surface area (Å²) in [5.41, 5.74) is 8.69. The first-order chi connectivity index (χ1) is 9.04. The maximum atomic E-state index is 12.2. The lowest BCUT2D eigenvalue weighted by molar-refractivity contribution is 0.0911. The van der Waals surface area contributed by atoms with Crippen LogP contribution in [0.5, 0.6) is 0 Å². The number of carbonyl (C=O) groups excluding carboxylic acids is 1. The van der Waals surface area contributed by atoms with Gasteiger partial charge in [0, 0.05) is 23.5 Å². The standard InChI is InChI=1S/C13H17N5O/c1-7-3-8(2)18-12(16-7)11(6-15-18)13(19)17-10-4-9(14)5-10/h3,6,9-10H,4-5,14H2,1-2H3,(H,17,19). The molecule has 1 aliphatic carbocycles. The maximum Gasteiger partial charge on any atom is 0.256 e. The topological polar surface area (TPSA) is 85.3 Å². The minimum atomic E-state index is -0.121. The fourth-order valence-corrected chi connectivity index (χ4v) is 2.47. The van der Waals surface area contributed by atoms with Crippen LogP contribution in [0.25, 0.3) is 5.65 Å². The van der Waals surface area contributed by atoms with Crippen LogP contribution in [-0.4, -0.2) is 32.6 Å². The molecule has 1 fully saturated rings. The molecular weight excluding hydrogens is 242 g/mol. The summed E-state index contributed by atoms with van der Waals surface area (Å²) in [5, 5.41) is 7.18. The van der Waals surface area contributed by atoms with Crippen LogP contribution < -0.4 is 11.1 Å². The molecule has 0 radical (unpaired) electrons. The Hall–Kier alpha value is -1.95. The summed E-state index contributed by atoms with van der Waals surface area (Å²) >= 11 is 0. The van der Waals surface area contributed by atoms with Gasteiger partial charge >= 0.3 is 0 Å². The van der Waals surface area contributed by atoms with Crippen LogP contribution in [0, 0.1) is 13.8 Å². The van der Waals surface area contributed by atoms with Gasteiger partial charge in [-0.25, -0.2) is 9.50 Å². The van der Waals surface area contributed by atoms with E-state index >= 15 is 0 Å². The van der Waals surface area contributed by atoms with Crippen molar-refractivity contribution in [3.8, 4) is 0 Å². The highest BCUT2D eigenvalue weighted by Crippen LogP contribution is 2.19. The van der Waals surface area contributed by atoms with Crippen molar-refractivity contribution in [3.63, 3.8) is 0 Å². The van der Waals surface area contributed by atoms with E-state index in [1.807, 2.05) is 19.9 Å². The highest BCUT2D eigenvalue weighted by atomic mass is 16.1. The molecule has 0 atom stereocenters. The van der Waals surface area contributed by atoms with E-state index in [1.54, 1.807) is 10.7 Å². The summed E-state index contributed by atoms with van der Waals surface area (Å²) in [7, 11) is 0. The van der Waals surface area contributed by atoms with Crippen molar-refractivity contribution in [2.45, 2.75) is 38.8 Å². The molecule has 19 heavy (non-hydrogen) atoms. The Labute approximate surface area is 111 Å². The maximum absolute atomic E-state index is 12.2. The first-order valence-electron chi connectivity index (χ1n) is 6.43. The molecule has 0 saturated heterocycles. The number of aromatic nitrogens is 3. The smallest absolute Gasteiger partial charge is 0.256 e. The van der Waals surface area contributed by atoms with E-state index in [2.05, 4.69) is 15.4 Å². The van der Waals surface area contributed by atoms with E-state index < -0.39 is 0 Å². The summed E-state index contributed by atoms with van der Waals surface area (Å²) < 4.78 is 1.69. The first-order valence-corrected chi connectivity index (χ1v) is 6.43. The molecule has 0 unspecified atom stereocenters. The molecule has 3 rings (SSSR count).